The third-order valence-corrected chi connectivity index (χ3v) is 5.26. The van der Waals surface area contributed by atoms with E-state index in [0.29, 0.717) is 22.8 Å². The van der Waals surface area contributed by atoms with Gasteiger partial charge in [0.15, 0.2) is 30.3 Å². The molecule has 0 radical (unpaired) electrons. The second-order valence-electron chi connectivity index (χ2n) is 7.43. The number of benzene rings is 2. The van der Waals surface area contributed by atoms with E-state index >= 15 is 0 Å². The summed E-state index contributed by atoms with van der Waals surface area (Å²) in [6, 6.07) is 5.30. The molecule has 0 atom stereocenters. The number of ether oxygens (including phenoxy) is 8. The van der Waals surface area contributed by atoms with E-state index in [4.69, 9.17) is 42.3 Å². The Hall–Kier alpha value is -3.89. The lowest BCUT2D eigenvalue weighted by Crippen LogP contribution is -2.11. The smallest absolute Gasteiger partial charge is 0.211 e. The summed E-state index contributed by atoms with van der Waals surface area (Å²) in [5, 5.41) is 0.187. The molecule has 1 heterocycles. The molecule has 3 aromatic rings. The normalized spacial score (nSPS) is 11.1. The summed E-state index contributed by atoms with van der Waals surface area (Å²) < 4.78 is 49.2. The lowest BCUT2D eigenvalue weighted by atomic mass is 10.1. The van der Waals surface area contributed by atoms with Gasteiger partial charge in [-0.3, -0.25) is 4.79 Å². The second kappa shape index (κ2) is 12.2. The van der Waals surface area contributed by atoms with Crippen LogP contribution in [-0.4, -0.2) is 56.2 Å². The molecule has 0 amide bonds. The standard InChI is InChI=1S/C26H30O10/c1-15-19(9-8-16-10-17(34-13-28-2)12-18(11-16)35-14-29-3)36-23-20(21(15)27)22(30-4)24(31-5)26(33-7)25(23)32-6/h8-12H,13-14H2,1-7H3/b9-8+. The van der Waals surface area contributed by atoms with Gasteiger partial charge in [-0.1, -0.05) is 6.08 Å². The highest BCUT2D eigenvalue weighted by molar-refractivity contribution is 5.95. The van der Waals surface area contributed by atoms with Crippen molar-refractivity contribution in [2.75, 3.05) is 56.2 Å². The minimum Gasteiger partial charge on any atom is -0.492 e. The lowest BCUT2D eigenvalue weighted by molar-refractivity contribution is 0.0460. The molecule has 10 heteroatoms. The summed E-state index contributed by atoms with van der Waals surface area (Å²) >= 11 is 0. The molecule has 0 aliphatic rings. The Bertz CT molecular complexity index is 1270. The quantitative estimate of drug-likeness (QED) is 0.334. The second-order valence-corrected chi connectivity index (χ2v) is 7.43. The topological polar surface area (TPSA) is 104 Å². The molecule has 0 aliphatic heterocycles. The highest BCUT2D eigenvalue weighted by atomic mass is 16.7. The Morgan fingerprint density at radius 1 is 0.722 bits per heavy atom. The fraction of sp³-hybridized carbons (Fsp3) is 0.346. The molecule has 0 saturated heterocycles. The molecule has 194 valence electrons. The molecule has 1 aromatic heterocycles. The Morgan fingerprint density at radius 3 is 1.75 bits per heavy atom. The number of methoxy groups -OCH3 is 6. The van der Waals surface area contributed by atoms with Crippen molar-refractivity contribution >= 4 is 23.1 Å². The SMILES string of the molecule is COCOc1cc(/C=C/c2oc3c(OC)c(OC)c(OC)c(OC)c3c(=O)c2C)cc(OCOC)c1. The summed E-state index contributed by atoms with van der Waals surface area (Å²) in [4.78, 5) is 13.4. The fourth-order valence-electron chi connectivity index (χ4n) is 3.62. The van der Waals surface area contributed by atoms with Gasteiger partial charge < -0.3 is 42.3 Å². The first-order valence-electron chi connectivity index (χ1n) is 10.8. The van der Waals surface area contributed by atoms with Crippen LogP contribution in [0.15, 0.2) is 27.4 Å². The molecule has 0 spiro atoms. The van der Waals surface area contributed by atoms with Crippen molar-refractivity contribution in [3.05, 3.63) is 45.3 Å². The molecule has 0 bridgehead atoms. The van der Waals surface area contributed by atoms with Crippen LogP contribution >= 0.6 is 0 Å². The number of hydrogen-bond acceptors (Lipinski definition) is 10. The van der Waals surface area contributed by atoms with E-state index in [9.17, 15) is 4.79 Å². The van der Waals surface area contributed by atoms with Gasteiger partial charge in [-0.05, 0) is 30.7 Å². The van der Waals surface area contributed by atoms with E-state index in [-0.39, 0.29) is 53.0 Å². The zero-order valence-electron chi connectivity index (χ0n) is 21.4. The summed E-state index contributed by atoms with van der Waals surface area (Å²) in [6.45, 7) is 1.81. The van der Waals surface area contributed by atoms with E-state index in [2.05, 4.69) is 0 Å². The summed E-state index contributed by atoms with van der Waals surface area (Å²) in [5.74, 6) is 2.27. The Balaban J connectivity index is 2.18. The number of hydrogen-bond donors (Lipinski definition) is 0. The van der Waals surface area contributed by atoms with Crippen molar-refractivity contribution in [1.82, 2.24) is 0 Å². The predicted octanol–water partition coefficient (Wildman–Crippen LogP) is 4.27. The van der Waals surface area contributed by atoms with Gasteiger partial charge in [0, 0.05) is 25.8 Å². The van der Waals surface area contributed by atoms with Gasteiger partial charge in [0.25, 0.3) is 0 Å². The summed E-state index contributed by atoms with van der Waals surface area (Å²) in [5.41, 5.74) is 0.972. The Morgan fingerprint density at radius 2 is 1.25 bits per heavy atom. The van der Waals surface area contributed by atoms with Crippen LogP contribution in [-0.2, 0) is 9.47 Å². The molecule has 0 saturated carbocycles. The first-order valence-corrected chi connectivity index (χ1v) is 10.8. The van der Waals surface area contributed by atoms with Crippen LogP contribution in [0.3, 0.4) is 0 Å². The van der Waals surface area contributed by atoms with E-state index in [1.807, 2.05) is 0 Å². The highest BCUT2D eigenvalue weighted by Gasteiger charge is 2.28. The average Bonchev–Trinajstić information content (AvgIpc) is 2.90. The highest BCUT2D eigenvalue weighted by Crippen LogP contribution is 2.50. The van der Waals surface area contributed by atoms with Gasteiger partial charge in [-0.15, -0.1) is 0 Å². The van der Waals surface area contributed by atoms with Gasteiger partial charge in [0.1, 0.15) is 22.6 Å². The molecule has 0 aliphatic carbocycles. The van der Waals surface area contributed by atoms with Crippen molar-refractivity contribution in [2.24, 2.45) is 0 Å². The van der Waals surface area contributed by atoms with E-state index in [1.54, 1.807) is 37.3 Å². The predicted molar refractivity (Wildman–Crippen MR) is 134 cm³/mol. The maximum atomic E-state index is 13.4. The van der Waals surface area contributed by atoms with Crippen molar-refractivity contribution in [3.8, 4) is 34.5 Å². The largest absolute Gasteiger partial charge is 0.492 e. The molecule has 0 fully saturated rings. The first kappa shape index (κ1) is 26.7. The maximum Gasteiger partial charge on any atom is 0.211 e. The average molecular weight is 503 g/mol. The Kier molecular flexibility index (Phi) is 9.04. The molecule has 0 unspecified atom stereocenters. The number of rotatable bonds is 12. The molecule has 10 nitrogen and oxygen atoms in total. The van der Waals surface area contributed by atoms with Gasteiger partial charge in [0.2, 0.25) is 17.2 Å². The van der Waals surface area contributed by atoms with Gasteiger partial charge in [-0.25, -0.2) is 0 Å². The van der Waals surface area contributed by atoms with Crippen LogP contribution in [0.1, 0.15) is 16.9 Å². The van der Waals surface area contributed by atoms with Crippen molar-refractivity contribution in [1.29, 1.82) is 0 Å². The molecule has 0 N–H and O–H groups in total. The third-order valence-electron chi connectivity index (χ3n) is 5.26. The van der Waals surface area contributed by atoms with Gasteiger partial charge in [-0.2, -0.15) is 0 Å². The van der Waals surface area contributed by atoms with Gasteiger partial charge in [0.05, 0.1) is 28.4 Å². The Labute approximate surface area is 208 Å². The molecule has 3 rings (SSSR count). The van der Waals surface area contributed by atoms with Crippen molar-refractivity contribution in [3.63, 3.8) is 0 Å². The molecule has 36 heavy (non-hydrogen) atoms. The van der Waals surface area contributed by atoms with Crippen LogP contribution in [0.5, 0.6) is 34.5 Å². The maximum absolute atomic E-state index is 13.4. The van der Waals surface area contributed by atoms with Crippen LogP contribution < -0.4 is 33.8 Å². The third kappa shape index (κ3) is 5.34. The van der Waals surface area contributed by atoms with Gasteiger partial charge >= 0.3 is 0 Å². The van der Waals surface area contributed by atoms with Crippen molar-refractivity contribution < 1.29 is 42.3 Å². The monoisotopic (exact) mass is 502 g/mol. The summed E-state index contributed by atoms with van der Waals surface area (Å²) in [7, 11) is 8.86. The van der Waals surface area contributed by atoms with E-state index in [1.165, 1.54) is 42.7 Å². The molecular weight excluding hydrogens is 472 g/mol. The van der Waals surface area contributed by atoms with Crippen LogP contribution in [0.4, 0.5) is 0 Å². The molecule has 2 aromatic carbocycles. The fourth-order valence-corrected chi connectivity index (χ4v) is 3.62. The van der Waals surface area contributed by atoms with Crippen LogP contribution in [0.2, 0.25) is 0 Å². The van der Waals surface area contributed by atoms with Crippen molar-refractivity contribution in [2.45, 2.75) is 6.92 Å². The lowest BCUT2D eigenvalue weighted by Gasteiger charge is -2.18. The molecular formula is C26H30O10. The summed E-state index contributed by atoms with van der Waals surface area (Å²) in [6.07, 6.45) is 3.44. The minimum absolute atomic E-state index is 0.0719. The minimum atomic E-state index is -0.298. The number of fused-ring (bicyclic) bond motifs is 1. The zero-order chi connectivity index (χ0) is 26.2. The van der Waals surface area contributed by atoms with E-state index < -0.39 is 0 Å². The van der Waals surface area contributed by atoms with Crippen LogP contribution in [0, 0.1) is 6.92 Å². The van der Waals surface area contributed by atoms with Crippen LogP contribution in [0.25, 0.3) is 23.1 Å². The zero-order valence-corrected chi connectivity index (χ0v) is 21.4. The van der Waals surface area contributed by atoms with E-state index in [0.717, 1.165) is 5.56 Å². The first-order chi connectivity index (χ1) is 17.4.